The molecule has 0 fully saturated rings. The highest BCUT2D eigenvalue weighted by molar-refractivity contribution is 5.97. The highest BCUT2D eigenvalue weighted by Crippen LogP contribution is 2.22. The van der Waals surface area contributed by atoms with Crippen molar-refractivity contribution in [3.05, 3.63) is 64.5 Å². The Labute approximate surface area is 127 Å². The summed E-state index contributed by atoms with van der Waals surface area (Å²) >= 11 is 0. The number of nitrogens with zero attached hydrogens (tertiary/aromatic N) is 1. The average Bonchev–Trinajstić information content (AvgIpc) is 2.38. The van der Waals surface area contributed by atoms with Crippen LogP contribution < -0.4 is 0 Å². The molecule has 0 amide bonds. The molecule has 0 aliphatic heterocycles. The van der Waals surface area contributed by atoms with Gasteiger partial charge in [0, 0.05) is 12.6 Å². The van der Waals surface area contributed by atoms with Crippen molar-refractivity contribution in [2.45, 2.75) is 46.5 Å². The summed E-state index contributed by atoms with van der Waals surface area (Å²) in [4.78, 5) is 16.6. The molecule has 0 N–H and O–H groups in total. The summed E-state index contributed by atoms with van der Waals surface area (Å²) in [5.41, 5.74) is 5.07. The van der Waals surface area contributed by atoms with Gasteiger partial charge in [0.2, 0.25) is 0 Å². The second-order valence-electron chi connectivity index (χ2n) is 6.73. The lowest BCUT2D eigenvalue weighted by Gasteiger charge is -2.19. The van der Waals surface area contributed by atoms with E-state index in [0.29, 0.717) is 12.1 Å². The van der Waals surface area contributed by atoms with Crippen molar-refractivity contribution in [3.8, 4) is 0 Å². The number of benzene rings is 1. The van der Waals surface area contributed by atoms with Crippen LogP contribution in [-0.4, -0.2) is 10.8 Å². The van der Waals surface area contributed by atoms with Gasteiger partial charge in [-0.2, -0.15) is 0 Å². The first kappa shape index (κ1) is 15.4. The quantitative estimate of drug-likeness (QED) is 0.779. The van der Waals surface area contributed by atoms with Crippen LogP contribution in [0.25, 0.3) is 0 Å². The molecule has 1 aromatic heterocycles. The Kier molecular flexibility index (Phi) is 4.26. The minimum Gasteiger partial charge on any atom is -0.292 e. The highest BCUT2D eigenvalue weighted by Gasteiger charge is 2.15. The third-order valence-electron chi connectivity index (χ3n) is 3.66. The van der Waals surface area contributed by atoms with Crippen molar-refractivity contribution in [3.63, 3.8) is 0 Å². The molecule has 0 bridgehead atoms. The van der Waals surface area contributed by atoms with Crippen molar-refractivity contribution < 1.29 is 4.79 Å². The van der Waals surface area contributed by atoms with Crippen molar-refractivity contribution >= 4 is 5.78 Å². The van der Waals surface area contributed by atoms with E-state index < -0.39 is 0 Å². The Morgan fingerprint density at radius 3 is 2.24 bits per heavy atom. The molecule has 0 radical (unpaired) electrons. The maximum atomic E-state index is 12.4. The van der Waals surface area contributed by atoms with Gasteiger partial charge in [0.1, 0.15) is 5.69 Å². The van der Waals surface area contributed by atoms with Crippen LogP contribution >= 0.6 is 0 Å². The van der Waals surface area contributed by atoms with Crippen molar-refractivity contribution in [2.24, 2.45) is 0 Å². The van der Waals surface area contributed by atoms with Crippen LogP contribution in [0.15, 0.2) is 36.5 Å². The number of rotatable bonds is 3. The molecule has 1 heterocycles. The fraction of sp³-hybridized carbons (Fsp3) is 0.368. The summed E-state index contributed by atoms with van der Waals surface area (Å²) in [6.07, 6.45) is 2.16. The molecular weight excluding hydrogens is 258 g/mol. The van der Waals surface area contributed by atoms with Crippen LogP contribution in [0.2, 0.25) is 0 Å². The largest absolute Gasteiger partial charge is 0.292 e. The first-order valence-corrected chi connectivity index (χ1v) is 7.33. The zero-order valence-electron chi connectivity index (χ0n) is 13.5. The van der Waals surface area contributed by atoms with Gasteiger partial charge in [-0.15, -0.1) is 0 Å². The van der Waals surface area contributed by atoms with E-state index in [4.69, 9.17) is 0 Å². The van der Waals surface area contributed by atoms with E-state index in [2.05, 4.69) is 37.9 Å². The molecule has 0 unspecified atom stereocenters. The summed E-state index contributed by atoms with van der Waals surface area (Å²) in [6, 6.07) is 10.3. The number of carbonyl (C=O) groups excluding carboxylic acids is 1. The van der Waals surface area contributed by atoms with Crippen LogP contribution in [0.1, 0.15) is 53.5 Å². The van der Waals surface area contributed by atoms with E-state index in [9.17, 15) is 4.79 Å². The van der Waals surface area contributed by atoms with Crippen molar-refractivity contribution in [2.75, 3.05) is 0 Å². The molecule has 0 aliphatic rings. The summed E-state index contributed by atoms with van der Waals surface area (Å²) in [5.74, 6) is 0.0796. The van der Waals surface area contributed by atoms with Gasteiger partial charge in [0.05, 0.1) is 0 Å². The van der Waals surface area contributed by atoms with Crippen LogP contribution in [0.5, 0.6) is 0 Å². The van der Waals surface area contributed by atoms with E-state index in [1.54, 1.807) is 6.20 Å². The molecule has 2 aromatic rings. The van der Waals surface area contributed by atoms with Crippen LogP contribution in [0.3, 0.4) is 0 Å². The minimum atomic E-state index is 0.0796. The number of hydrogen-bond acceptors (Lipinski definition) is 2. The fourth-order valence-electron chi connectivity index (χ4n) is 2.40. The Bertz CT molecular complexity index is 648. The summed E-state index contributed by atoms with van der Waals surface area (Å²) in [6.45, 7) is 10.5. The monoisotopic (exact) mass is 281 g/mol. The SMILES string of the molecule is Cc1cnc(C(=O)Cc2ccc(C(C)(C)C)cc2)c(C)c1. The summed E-state index contributed by atoms with van der Waals surface area (Å²) < 4.78 is 0. The van der Waals surface area contributed by atoms with Crippen molar-refractivity contribution in [1.82, 2.24) is 4.98 Å². The van der Waals surface area contributed by atoms with Crippen LogP contribution in [0, 0.1) is 13.8 Å². The molecule has 0 saturated heterocycles. The highest BCUT2D eigenvalue weighted by atomic mass is 16.1. The van der Waals surface area contributed by atoms with Gasteiger partial charge in [-0.3, -0.25) is 9.78 Å². The third-order valence-corrected chi connectivity index (χ3v) is 3.66. The second-order valence-corrected chi connectivity index (χ2v) is 6.73. The van der Waals surface area contributed by atoms with E-state index in [-0.39, 0.29) is 11.2 Å². The fourth-order valence-corrected chi connectivity index (χ4v) is 2.40. The van der Waals surface area contributed by atoms with Crippen LogP contribution in [0.4, 0.5) is 0 Å². The zero-order valence-corrected chi connectivity index (χ0v) is 13.5. The molecule has 0 saturated carbocycles. The standard InChI is InChI=1S/C19H23NO/c1-13-10-14(2)18(20-12-13)17(21)11-15-6-8-16(9-7-15)19(3,4)5/h6-10,12H,11H2,1-5H3. The van der Waals surface area contributed by atoms with E-state index in [1.807, 2.05) is 32.0 Å². The smallest absolute Gasteiger partial charge is 0.185 e. The Hall–Kier alpha value is -1.96. The predicted octanol–water partition coefficient (Wildman–Crippen LogP) is 4.42. The molecule has 1 aromatic carbocycles. The molecular formula is C19H23NO. The molecule has 0 aliphatic carbocycles. The number of ketones is 1. The van der Waals surface area contributed by atoms with Gasteiger partial charge in [-0.25, -0.2) is 0 Å². The number of aryl methyl sites for hydroxylation is 2. The maximum absolute atomic E-state index is 12.4. The lowest BCUT2D eigenvalue weighted by Crippen LogP contribution is -2.12. The molecule has 2 heteroatoms. The first-order valence-electron chi connectivity index (χ1n) is 7.33. The molecule has 2 rings (SSSR count). The van der Waals surface area contributed by atoms with Crippen molar-refractivity contribution in [1.29, 1.82) is 0 Å². The van der Waals surface area contributed by atoms with Crippen LogP contribution in [-0.2, 0) is 11.8 Å². The summed E-state index contributed by atoms with van der Waals surface area (Å²) in [7, 11) is 0. The van der Waals surface area contributed by atoms with Gasteiger partial charge < -0.3 is 0 Å². The topological polar surface area (TPSA) is 30.0 Å². The lowest BCUT2D eigenvalue weighted by molar-refractivity contribution is 0.0987. The van der Waals surface area contributed by atoms with Gasteiger partial charge in [-0.1, -0.05) is 51.1 Å². The van der Waals surface area contributed by atoms with E-state index in [0.717, 1.165) is 16.7 Å². The second kappa shape index (κ2) is 5.80. The van der Waals surface area contributed by atoms with Gasteiger partial charge >= 0.3 is 0 Å². The number of Topliss-reactive ketones (excluding diaryl/α,β-unsaturated/α-hetero) is 1. The predicted molar refractivity (Wildman–Crippen MR) is 86.9 cm³/mol. The average molecular weight is 281 g/mol. The number of pyridine rings is 1. The lowest BCUT2D eigenvalue weighted by atomic mass is 9.86. The Morgan fingerprint density at radius 2 is 1.71 bits per heavy atom. The van der Waals surface area contributed by atoms with Gasteiger partial charge in [-0.05, 0) is 41.5 Å². The number of carbonyl (C=O) groups is 1. The molecule has 0 spiro atoms. The Morgan fingerprint density at radius 1 is 1.10 bits per heavy atom. The minimum absolute atomic E-state index is 0.0796. The molecule has 21 heavy (non-hydrogen) atoms. The molecule has 0 atom stereocenters. The molecule has 110 valence electrons. The number of aromatic nitrogens is 1. The third kappa shape index (κ3) is 3.78. The maximum Gasteiger partial charge on any atom is 0.185 e. The van der Waals surface area contributed by atoms with E-state index in [1.165, 1.54) is 5.56 Å². The van der Waals surface area contributed by atoms with Gasteiger partial charge in [0.15, 0.2) is 5.78 Å². The Balaban J connectivity index is 2.16. The zero-order chi connectivity index (χ0) is 15.6. The normalized spacial score (nSPS) is 11.5. The number of hydrogen-bond donors (Lipinski definition) is 0. The summed E-state index contributed by atoms with van der Waals surface area (Å²) in [5, 5.41) is 0. The van der Waals surface area contributed by atoms with E-state index >= 15 is 0 Å². The van der Waals surface area contributed by atoms with Gasteiger partial charge in [0.25, 0.3) is 0 Å². The molecule has 2 nitrogen and oxygen atoms in total. The first-order chi connectivity index (χ1) is 9.77.